The highest BCUT2D eigenvalue weighted by Crippen LogP contribution is 2.36. The minimum Gasteiger partial charge on any atom is -0.337 e. The van der Waals surface area contributed by atoms with Crippen molar-refractivity contribution in [3.8, 4) is 0 Å². The van der Waals surface area contributed by atoms with Gasteiger partial charge in [-0.25, -0.2) is 4.98 Å². The Morgan fingerprint density at radius 3 is 2.61 bits per heavy atom. The number of carbonyl (C=O) groups is 1. The summed E-state index contributed by atoms with van der Waals surface area (Å²) in [5.41, 5.74) is 1.27. The molecule has 0 fully saturated rings. The Morgan fingerprint density at radius 1 is 1.32 bits per heavy atom. The van der Waals surface area contributed by atoms with E-state index in [-0.39, 0.29) is 23.6 Å². The molecule has 0 aromatic carbocycles. The molecule has 3 rings (SSSR count). The molecular formula is C21H31N3O2S2. The van der Waals surface area contributed by atoms with E-state index in [2.05, 4.69) is 6.92 Å². The molecule has 5 nitrogen and oxygen atoms in total. The fraction of sp³-hybridized carbons (Fsp3) is 0.667. The Labute approximate surface area is 175 Å². The van der Waals surface area contributed by atoms with Crippen LogP contribution in [0.3, 0.4) is 0 Å². The molecule has 0 spiro atoms. The number of thiophene rings is 1. The van der Waals surface area contributed by atoms with Gasteiger partial charge in [-0.05, 0) is 65.4 Å². The maximum atomic E-state index is 13.2. The van der Waals surface area contributed by atoms with Crippen LogP contribution in [0, 0.1) is 5.92 Å². The van der Waals surface area contributed by atoms with Crippen LogP contribution < -0.4 is 5.56 Å². The predicted octanol–water partition coefficient (Wildman–Crippen LogP) is 4.34. The Balaban J connectivity index is 1.94. The number of thioether (sulfide) groups is 1. The second-order valence-electron chi connectivity index (χ2n) is 8.25. The molecule has 0 bridgehead atoms. The smallest absolute Gasteiger partial charge is 0.263 e. The van der Waals surface area contributed by atoms with Crippen molar-refractivity contribution in [2.24, 2.45) is 5.92 Å². The highest BCUT2D eigenvalue weighted by molar-refractivity contribution is 7.99. The number of hydrogen-bond donors (Lipinski definition) is 0. The minimum absolute atomic E-state index is 0.0547. The molecule has 0 aliphatic heterocycles. The number of hydrogen-bond acceptors (Lipinski definition) is 5. The summed E-state index contributed by atoms with van der Waals surface area (Å²) in [7, 11) is 0. The summed E-state index contributed by atoms with van der Waals surface area (Å²) < 4.78 is 1.74. The number of fused-ring (bicyclic) bond motifs is 3. The summed E-state index contributed by atoms with van der Waals surface area (Å²) in [4.78, 5) is 34.8. The Morgan fingerprint density at radius 2 is 2.00 bits per heavy atom. The summed E-state index contributed by atoms with van der Waals surface area (Å²) >= 11 is 3.05. The van der Waals surface area contributed by atoms with Gasteiger partial charge >= 0.3 is 0 Å². The lowest BCUT2D eigenvalue weighted by atomic mass is 9.89. The van der Waals surface area contributed by atoms with E-state index < -0.39 is 0 Å². The molecule has 7 heteroatoms. The molecule has 28 heavy (non-hydrogen) atoms. The van der Waals surface area contributed by atoms with E-state index in [1.807, 2.05) is 39.5 Å². The highest BCUT2D eigenvalue weighted by atomic mass is 32.2. The maximum absolute atomic E-state index is 13.2. The van der Waals surface area contributed by atoms with Crippen molar-refractivity contribution in [3.63, 3.8) is 0 Å². The molecule has 1 aliphatic rings. The van der Waals surface area contributed by atoms with Crippen LogP contribution in [0.1, 0.15) is 58.4 Å². The Bertz CT molecular complexity index is 922. The van der Waals surface area contributed by atoms with Crippen molar-refractivity contribution in [2.45, 2.75) is 84.6 Å². The summed E-state index contributed by atoms with van der Waals surface area (Å²) in [5.74, 6) is 1.06. The normalized spacial score (nSPS) is 16.8. The second kappa shape index (κ2) is 8.57. The van der Waals surface area contributed by atoms with Gasteiger partial charge in [0.05, 0.1) is 11.1 Å². The van der Waals surface area contributed by atoms with Gasteiger partial charge in [-0.3, -0.25) is 14.2 Å². The highest BCUT2D eigenvalue weighted by Gasteiger charge is 2.25. The third kappa shape index (κ3) is 4.01. The Kier molecular flexibility index (Phi) is 6.54. The van der Waals surface area contributed by atoms with Gasteiger partial charge < -0.3 is 4.90 Å². The monoisotopic (exact) mass is 421 g/mol. The molecule has 154 valence electrons. The molecule has 0 radical (unpaired) electrons. The number of aromatic nitrogens is 2. The molecule has 1 atom stereocenters. The fourth-order valence-corrected chi connectivity index (χ4v) is 6.52. The molecule has 0 unspecified atom stereocenters. The number of carbonyl (C=O) groups excluding carboxylic acids is 1. The third-order valence-corrected chi connectivity index (χ3v) is 7.53. The molecule has 2 aromatic rings. The lowest BCUT2D eigenvalue weighted by molar-refractivity contribution is -0.131. The van der Waals surface area contributed by atoms with E-state index in [4.69, 9.17) is 4.98 Å². The quantitative estimate of drug-likeness (QED) is 0.514. The molecule has 2 aromatic heterocycles. The van der Waals surface area contributed by atoms with Crippen molar-refractivity contribution in [1.29, 1.82) is 0 Å². The van der Waals surface area contributed by atoms with E-state index in [1.165, 1.54) is 22.2 Å². The first-order valence-corrected chi connectivity index (χ1v) is 12.0. The van der Waals surface area contributed by atoms with Crippen molar-refractivity contribution in [3.05, 3.63) is 20.8 Å². The zero-order valence-electron chi connectivity index (χ0n) is 17.7. The molecular weight excluding hydrogens is 390 g/mol. The van der Waals surface area contributed by atoms with E-state index in [9.17, 15) is 9.59 Å². The van der Waals surface area contributed by atoms with Crippen LogP contribution >= 0.6 is 23.1 Å². The van der Waals surface area contributed by atoms with Gasteiger partial charge in [-0.15, -0.1) is 11.3 Å². The number of rotatable bonds is 6. The zero-order valence-corrected chi connectivity index (χ0v) is 19.4. The summed E-state index contributed by atoms with van der Waals surface area (Å²) in [5, 5.41) is 1.47. The summed E-state index contributed by atoms with van der Waals surface area (Å²) in [6.45, 7) is 12.9. The molecule has 1 aliphatic carbocycles. The van der Waals surface area contributed by atoms with Crippen LogP contribution in [-0.4, -0.2) is 38.2 Å². The zero-order chi connectivity index (χ0) is 20.6. The average molecular weight is 422 g/mol. The topological polar surface area (TPSA) is 55.2 Å². The van der Waals surface area contributed by atoms with Gasteiger partial charge in [0, 0.05) is 23.5 Å². The van der Waals surface area contributed by atoms with Crippen LogP contribution in [0.25, 0.3) is 10.2 Å². The lowest BCUT2D eigenvalue weighted by Crippen LogP contribution is -2.43. The van der Waals surface area contributed by atoms with Gasteiger partial charge in [0.1, 0.15) is 4.83 Å². The molecule has 0 saturated carbocycles. The molecule has 2 heterocycles. The van der Waals surface area contributed by atoms with Crippen LogP contribution in [0.4, 0.5) is 0 Å². The number of amides is 1. The van der Waals surface area contributed by atoms with Crippen LogP contribution in [0.5, 0.6) is 0 Å². The van der Waals surface area contributed by atoms with Gasteiger partial charge in [0.15, 0.2) is 5.16 Å². The van der Waals surface area contributed by atoms with Crippen molar-refractivity contribution >= 4 is 39.2 Å². The van der Waals surface area contributed by atoms with Gasteiger partial charge in [0.25, 0.3) is 5.56 Å². The van der Waals surface area contributed by atoms with Gasteiger partial charge in [-0.2, -0.15) is 0 Å². The Hall–Kier alpha value is -1.34. The lowest BCUT2D eigenvalue weighted by Gasteiger charge is -2.30. The first-order chi connectivity index (χ1) is 13.2. The molecule has 0 saturated heterocycles. The van der Waals surface area contributed by atoms with Crippen molar-refractivity contribution < 1.29 is 4.79 Å². The maximum Gasteiger partial charge on any atom is 0.263 e. The first kappa shape index (κ1) is 21.4. The SMILES string of the molecule is CCn1c(SCC(=O)N(C(C)C)C(C)C)nc2sc3c(c2c1=O)CC[C@@H](C)C3. The fourth-order valence-electron chi connectivity index (χ4n) is 4.17. The van der Waals surface area contributed by atoms with E-state index in [0.717, 1.165) is 29.5 Å². The van der Waals surface area contributed by atoms with E-state index in [1.54, 1.807) is 15.9 Å². The third-order valence-electron chi connectivity index (χ3n) is 5.42. The summed E-state index contributed by atoms with van der Waals surface area (Å²) in [6, 6.07) is 0.311. The minimum atomic E-state index is 0.0547. The van der Waals surface area contributed by atoms with Crippen LogP contribution in [-0.2, 0) is 24.2 Å². The van der Waals surface area contributed by atoms with Crippen molar-refractivity contribution in [1.82, 2.24) is 14.5 Å². The number of aryl methyl sites for hydroxylation is 1. The number of nitrogens with zero attached hydrogens (tertiary/aromatic N) is 3. The second-order valence-corrected chi connectivity index (χ2v) is 10.3. The average Bonchev–Trinajstić information content (AvgIpc) is 2.96. The van der Waals surface area contributed by atoms with E-state index in [0.29, 0.717) is 23.4 Å². The molecule has 1 amide bonds. The summed E-state index contributed by atoms with van der Waals surface area (Å²) in [6.07, 6.45) is 3.15. The standard InChI is InChI=1S/C21H31N3O2S2/c1-7-23-20(26)18-15-9-8-14(6)10-16(15)28-19(18)22-21(23)27-11-17(25)24(12(2)3)13(4)5/h12-14H,7-11H2,1-6H3/t14-/m1/s1. The molecule has 0 N–H and O–H groups in total. The van der Waals surface area contributed by atoms with Crippen molar-refractivity contribution in [2.75, 3.05) is 5.75 Å². The first-order valence-electron chi connectivity index (χ1n) is 10.2. The predicted molar refractivity (Wildman–Crippen MR) is 119 cm³/mol. The van der Waals surface area contributed by atoms with Gasteiger partial charge in [-0.1, -0.05) is 18.7 Å². The van der Waals surface area contributed by atoms with Crippen LogP contribution in [0.2, 0.25) is 0 Å². The largest absolute Gasteiger partial charge is 0.337 e. The van der Waals surface area contributed by atoms with Crippen LogP contribution in [0.15, 0.2) is 9.95 Å². The van der Waals surface area contributed by atoms with Gasteiger partial charge in [0.2, 0.25) is 5.91 Å². The van der Waals surface area contributed by atoms with E-state index >= 15 is 0 Å².